The molecule has 0 saturated heterocycles. The van der Waals surface area contributed by atoms with Crippen LogP contribution in [0.1, 0.15) is 50.7 Å². The first-order chi connectivity index (χ1) is 15.0. The highest BCUT2D eigenvalue weighted by Crippen LogP contribution is 2.30. The van der Waals surface area contributed by atoms with E-state index in [2.05, 4.69) is 87.1 Å². The average molecular weight is 744 g/mol. The molecule has 4 nitrogen and oxygen atoms in total. The molecule has 2 aromatic rings. The van der Waals surface area contributed by atoms with Gasteiger partial charge in [-0.25, -0.2) is 8.42 Å². The molecule has 0 aromatic heterocycles. The minimum Gasteiger partial charge on any atom is -0.325 e. The Morgan fingerprint density at radius 2 is 1.81 bits per heavy atom. The van der Waals surface area contributed by atoms with E-state index < -0.39 is 15.2 Å². The fraction of sp³-hybridized carbons (Fsp3) is 0.458. The Morgan fingerprint density at radius 1 is 1.12 bits per heavy atom. The predicted octanol–water partition coefficient (Wildman–Crippen LogP) is 6.55. The summed E-state index contributed by atoms with van der Waals surface area (Å²) in [5, 5.41) is -0.864. The number of rotatable bonds is 5. The van der Waals surface area contributed by atoms with E-state index in [1.807, 2.05) is 6.07 Å². The van der Waals surface area contributed by atoms with Gasteiger partial charge in [0.2, 0.25) is 5.91 Å². The molecule has 0 aliphatic carbocycles. The third-order valence-electron chi connectivity index (χ3n) is 5.78. The number of amides is 1. The SMILES string of the molecule is CC(C)(I)CCC(=O)N1CCCc2ccc(Br)cc2CC[C@H]1S(=O)(=O)c1ccc(I)cc1. The molecule has 32 heavy (non-hydrogen) atoms. The summed E-state index contributed by atoms with van der Waals surface area (Å²) in [7, 11) is -3.71. The predicted molar refractivity (Wildman–Crippen MR) is 150 cm³/mol. The van der Waals surface area contributed by atoms with Crippen molar-refractivity contribution in [1.82, 2.24) is 4.90 Å². The quantitative estimate of drug-likeness (QED) is 0.258. The fourth-order valence-electron chi connectivity index (χ4n) is 4.03. The molecule has 1 aliphatic heterocycles. The molecule has 0 N–H and O–H groups in total. The van der Waals surface area contributed by atoms with Gasteiger partial charge in [-0.2, -0.15) is 0 Å². The van der Waals surface area contributed by atoms with Crippen molar-refractivity contribution in [3.8, 4) is 0 Å². The van der Waals surface area contributed by atoms with Gasteiger partial charge in [0, 0.05) is 24.4 Å². The van der Waals surface area contributed by atoms with Crippen LogP contribution in [-0.4, -0.2) is 34.6 Å². The van der Waals surface area contributed by atoms with Gasteiger partial charge in [-0.15, -0.1) is 0 Å². The third kappa shape index (κ3) is 6.91. The topological polar surface area (TPSA) is 54.5 Å². The van der Waals surface area contributed by atoms with Crippen molar-refractivity contribution in [2.75, 3.05) is 6.54 Å². The molecular weight excluding hydrogens is 716 g/mol. The standard InChI is InChI=1S/C24H28BrI2NO3S/c1-24(2,27)14-13-22(29)28-15-3-4-17-5-7-19(25)16-18(17)6-12-23(28)32(30,31)21-10-8-20(26)9-11-21/h5,7-11,16,23H,3-4,6,12-15H2,1-2H3/t23-/m1/s1. The Kier molecular flexibility index (Phi) is 9.10. The number of hydrogen-bond donors (Lipinski definition) is 0. The van der Waals surface area contributed by atoms with Crippen LogP contribution >= 0.6 is 61.1 Å². The molecular formula is C24H28BrI2NO3S. The summed E-state index contributed by atoms with van der Waals surface area (Å²) >= 11 is 8.05. The third-order valence-corrected chi connectivity index (χ3v) is 9.66. The second-order valence-electron chi connectivity index (χ2n) is 8.81. The number of aryl methyl sites for hydroxylation is 2. The molecule has 0 fully saturated rings. The van der Waals surface area contributed by atoms with Crippen LogP contribution < -0.4 is 0 Å². The molecule has 8 heteroatoms. The van der Waals surface area contributed by atoms with Gasteiger partial charge in [0.1, 0.15) is 5.37 Å². The lowest BCUT2D eigenvalue weighted by atomic mass is 10.00. The smallest absolute Gasteiger partial charge is 0.223 e. The zero-order valence-electron chi connectivity index (χ0n) is 18.3. The highest BCUT2D eigenvalue weighted by Gasteiger charge is 2.36. The van der Waals surface area contributed by atoms with Crippen LogP contribution in [0.4, 0.5) is 0 Å². The summed E-state index contributed by atoms with van der Waals surface area (Å²) in [6.07, 6.45) is 3.65. The lowest BCUT2D eigenvalue weighted by Gasteiger charge is -2.32. The van der Waals surface area contributed by atoms with E-state index in [1.54, 1.807) is 29.2 Å². The van der Waals surface area contributed by atoms with Crippen LogP contribution in [0, 0.1) is 3.57 Å². The van der Waals surface area contributed by atoms with Crippen LogP contribution in [0.5, 0.6) is 0 Å². The number of nitrogens with zero attached hydrogens (tertiary/aromatic N) is 1. The monoisotopic (exact) mass is 743 g/mol. The highest BCUT2D eigenvalue weighted by atomic mass is 127. The van der Waals surface area contributed by atoms with Gasteiger partial charge in [-0.05, 0) is 102 Å². The molecule has 0 spiro atoms. The van der Waals surface area contributed by atoms with Crippen molar-refractivity contribution in [2.45, 2.75) is 66.1 Å². The molecule has 3 rings (SSSR count). The van der Waals surface area contributed by atoms with Crippen molar-refractivity contribution < 1.29 is 13.2 Å². The van der Waals surface area contributed by atoms with E-state index in [9.17, 15) is 13.2 Å². The van der Waals surface area contributed by atoms with E-state index in [-0.39, 0.29) is 14.2 Å². The molecule has 2 aromatic carbocycles. The lowest BCUT2D eigenvalue weighted by molar-refractivity contribution is -0.132. The summed E-state index contributed by atoms with van der Waals surface area (Å²) in [5.74, 6) is -0.0686. The second kappa shape index (κ2) is 11.0. The number of carbonyl (C=O) groups is 1. The molecule has 1 heterocycles. The number of fused-ring (bicyclic) bond motifs is 1. The summed E-state index contributed by atoms with van der Waals surface area (Å²) in [4.78, 5) is 15.3. The number of alkyl halides is 1. The number of halogens is 3. The number of carbonyl (C=O) groups excluding carboxylic acids is 1. The molecule has 0 unspecified atom stereocenters. The summed E-state index contributed by atoms with van der Waals surface area (Å²) in [5.41, 5.74) is 2.39. The van der Waals surface area contributed by atoms with Crippen LogP contribution in [0.25, 0.3) is 0 Å². The Bertz CT molecular complexity index is 1070. The van der Waals surface area contributed by atoms with Gasteiger partial charge in [-0.3, -0.25) is 4.79 Å². The average Bonchev–Trinajstić information content (AvgIpc) is 2.80. The maximum absolute atomic E-state index is 13.8. The minimum atomic E-state index is -3.71. The molecule has 0 radical (unpaired) electrons. The maximum Gasteiger partial charge on any atom is 0.223 e. The van der Waals surface area contributed by atoms with Crippen LogP contribution in [-0.2, 0) is 27.5 Å². The van der Waals surface area contributed by atoms with Crippen molar-refractivity contribution >= 4 is 76.9 Å². The van der Waals surface area contributed by atoms with E-state index in [4.69, 9.17) is 0 Å². The largest absolute Gasteiger partial charge is 0.325 e. The van der Waals surface area contributed by atoms with Crippen LogP contribution in [0.15, 0.2) is 51.8 Å². The molecule has 1 atom stereocenters. The van der Waals surface area contributed by atoms with Gasteiger partial charge in [0.05, 0.1) is 4.90 Å². The van der Waals surface area contributed by atoms with Gasteiger partial charge < -0.3 is 4.90 Å². The van der Waals surface area contributed by atoms with E-state index in [1.165, 1.54) is 5.56 Å². The lowest BCUT2D eigenvalue weighted by Crippen LogP contribution is -2.46. The highest BCUT2D eigenvalue weighted by molar-refractivity contribution is 14.1. The van der Waals surface area contributed by atoms with Crippen molar-refractivity contribution in [2.24, 2.45) is 0 Å². The van der Waals surface area contributed by atoms with Gasteiger partial charge in [-0.1, -0.05) is 58.4 Å². The Balaban J connectivity index is 1.98. The van der Waals surface area contributed by atoms with Crippen molar-refractivity contribution in [1.29, 1.82) is 0 Å². The fourth-order valence-corrected chi connectivity index (χ4v) is 6.88. The second-order valence-corrected chi connectivity index (χ2v) is 16.0. The maximum atomic E-state index is 13.8. The molecule has 1 amide bonds. The van der Waals surface area contributed by atoms with Gasteiger partial charge >= 0.3 is 0 Å². The van der Waals surface area contributed by atoms with Crippen LogP contribution in [0.2, 0.25) is 0 Å². The first-order valence-corrected chi connectivity index (χ1v) is 15.2. The first kappa shape index (κ1) is 26.4. The molecule has 0 bridgehead atoms. The Morgan fingerprint density at radius 3 is 2.47 bits per heavy atom. The molecule has 1 aliphatic rings. The minimum absolute atomic E-state index is 0.0138. The van der Waals surface area contributed by atoms with Crippen LogP contribution in [0.3, 0.4) is 0 Å². The zero-order chi connectivity index (χ0) is 23.5. The Hall–Kier alpha value is -0.200. The normalized spacial score (nSPS) is 17.8. The summed E-state index contributed by atoms with van der Waals surface area (Å²) in [6, 6.07) is 13.1. The summed E-state index contributed by atoms with van der Waals surface area (Å²) < 4.78 is 29.5. The number of benzene rings is 2. The molecule has 0 saturated carbocycles. The zero-order valence-corrected chi connectivity index (χ0v) is 25.0. The van der Waals surface area contributed by atoms with Gasteiger partial charge in [0.15, 0.2) is 9.84 Å². The van der Waals surface area contributed by atoms with E-state index >= 15 is 0 Å². The van der Waals surface area contributed by atoms with Crippen molar-refractivity contribution in [3.05, 3.63) is 61.6 Å². The van der Waals surface area contributed by atoms with E-state index in [0.717, 1.165) is 26.4 Å². The number of sulfone groups is 1. The Labute approximate surface area is 227 Å². The van der Waals surface area contributed by atoms with E-state index in [0.29, 0.717) is 32.2 Å². The van der Waals surface area contributed by atoms with Gasteiger partial charge in [0.25, 0.3) is 0 Å². The number of hydrogen-bond acceptors (Lipinski definition) is 3. The van der Waals surface area contributed by atoms with Crippen molar-refractivity contribution in [3.63, 3.8) is 0 Å². The first-order valence-electron chi connectivity index (χ1n) is 10.7. The molecule has 174 valence electrons. The summed E-state index contributed by atoms with van der Waals surface area (Å²) in [6.45, 7) is 4.63.